The Labute approximate surface area is 102 Å². The number of urea groups is 1. The molecule has 0 radical (unpaired) electrons. The summed E-state index contributed by atoms with van der Waals surface area (Å²) in [4.78, 5) is 25.3. The van der Waals surface area contributed by atoms with Crippen molar-refractivity contribution in [1.82, 2.24) is 9.80 Å². The number of hydrogen-bond donors (Lipinski definition) is 1. The summed E-state index contributed by atoms with van der Waals surface area (Å²) in [5.41, 5.74) is 0. The highest BCUT2D eigenvalue weighted by Crippen LogP contribution is 2.02. The number of rotatable bonds is 7. The molecule has 0 bridgehead atoms. The van der Waals surface area contributed by atoms with Gasteiger partial charge >= 0.3 is 12.0 Å². The number of ether oxygens (including phenoxy) is 1. The Bertz CT molecular complexity index is 258. The second-order valence-electron chi connectivity index (χ2n) is 4.12. The predicted molar refractivity (Wildman–Crippen MR) is 64.0 cm³/mol. The number of aliphatic carboxylic acids is 1. The molecule has 17 heavy (non-hydrogen) atoms. The topological polar surface area (TPSA) is 70.1 Å². The molecule has 0 aliphatic rings. The van der Waals surface area contributed by atoms with Gasteiger partial charge in [0.15, 0.2) is 0 Å². The minimum Gasteiger partial charge on any atom is -0.481 e. The molecule has 1 N–H and O–H groups in total. The zero-order valence-electron chi connectivity index (χ0n) is 11.0. The van der Waals surface area contributed by atoms with Gasteiger partial charge in [-0.1, -0.05) is 0 Å². The van der Waals surface area contributed by atoms with Crippen molar-refractivity contribution in [1.29, 1.82) is 0 Å². The van der Waals surface area contributed by atoms with E-state index >= 15 is 0 Å². The Morgan fingerprint density at radius 2 is 1.94 bits per heavy atom. The van der Waals surface area contributed by atoms with Crippen molar-refractivity contribution in [3.63, 3.8) is 0 Å². The molecule has 0 aliphatic carbocycles. The molecule has 0 aliphatic heterocycles. The van der Waals surface area contributed by atoms with Gasteiger partial charge in [0.1, 0.15) is 0 Å². The first-order valence-corrected chi connectivity index (χ1v) is 5.58. The van der Waals surface area contributed by atoms with Crippen molar-refractivity contribution in [2.45, 2.75) is 25.8 Å². The summed E-state index contributed by atoms with van der Waals surface area (Å²) in [6, 6.07) is -0.130. The Morgan fingerprint density at radius 1 is 1.35 bits per heavy atom. The van der Waals surface area contributed by atoms with Gasteiger partial charge in [0.25, 0.3) is 0 Å². The lowest BCUT2D eigenvalue weighted by Crippen LogP contribution is -2.45. The first-order valence-electron chi connectivity index (χ1n) is 5.58. The van der Waals surface area contributed by atoms with Gasteiger partial charge in [-0.15, -0.1) is 0 Å². The van der Waals surface area contributed by atoms with E-state index in [1.54, 1.807) is 26.1 Å². The van der Waals surface area contributed by atoms with Gasteiger partial charge in [-0.2, -0.15) is 0 Å². The summed E-state index contributed by atoms with van der Waals surface area (Å²) in [6.07, 6.45) is 0.541. The molecule has 6 heteroatoms. The van der Waals surface area contributed by atoms with E-state index in [2.05, 4.69) is 0 Å². The largest absolute Gasteiger partial charge is 0.481 e. The number of carboxylic acid groups (broad SMARTS) is 1. The van der Waals surface area contributed by atoms with Crippen molar-refractivity contribution < 1.29 is 19.4 Å². The van der Waals surface area contributed by atoms with Crippen LogP contribution in [0.25, 0.3) is 0 Å². The van der Waals surface area contributed by atoms with E-state index in [-0.39, 0.29) is 18.5 Å². The van der Waals surface area contributed by atoms with Crippen molar-refractivity contribution in [2.24, 2.45) is 0 Å². The van der Waals surface area contributed by atoms with Gasteiger partial charge in [0.05, 0.1) is 12.6 Å². The van der Waals surface area contributed by atoms with E-state index in [0.29, 0.717) is 19.6 Å². The number of carboxylic acids is 1. The van der Waals surface area contributed by atoms with Crippen LogP contribution in [0.5, 0.6) is 0 Å². The summed E-state index contributed by atoms with van der Waals surface area (Å²) >= 11 is 0. The Balaban J connectivity index is 4.06. The summed E-state index contributed by atoms with van der Waals surface area (Å²) < 4.78 is 4.98. The molecule has 0 spiro atoms. The molecular weight excluding hydrogens is 224 g/mol. The molecule has 0 saturated heterocycles. The highest BCUT2D eigenvalue weighted by atomic mass is 16.5. The van der Waals surface area contributed by atoms with Gasteiger partial charge in [0.2, 0.25) is 0 Å². The summed E-state index contributed by atoms with van der Waals surface area (Å²) in [6.45, 7) is 2.81. The van der Waals surface area contributed by atoms with Crippen LogP contribution in [0.3, 0.4) is 0 Å². The maximum Gasteiger partial charge on any atom is 0.319 e. The molecule has 0 saturated carbocycles. The molecule has 1 atom stereocenters. The quantitative estimate of drug-likeness (QED) is 0.723. The number of amides is 2. The van der Waals surface area contributed by atoms with Crippen molar-refractivity contribution in [3.8, 4) is 0 Å². The van der Waals surface area contributed by atoms with Crippen LogP contribution in [0.15, 0.2) is 0 Å². The first kappa shape index (κ1) is 15.7. The van der Waals surface area contributed by atoms with E-state index in [1.807, 2.05) is 6.92 Å². The number of methoxy groups -OCH3 is 1. The zero-order chi connectivity index (χ0) is 13.4. The third-order valence-electron chi connectivity index (χ3n) is 2.58. The van der Waals surface area contributed by atoms with Gasteiger partial charge < -0.3 is 19.6 Å². The molecule has 0 aromatic heterocycles. The third kappa shape index (κ3) is 6.11. The van der Waals surface area contributed by atoms with Crippen molar-refractivity contribution in [2.75, 3.05) is 34.4 Å². The molecule has 0 heterocycles. The number of carbonyl (C=O) groups is 2. The van der Waals surface area contributed by atoms with Crippen LogP contribution in [0, 0.1) is 0 Å². The highest BCUT2D eigenvalue weighted by Gasteiger charge is 2.18. The van der Waals surface area contributed by atoms with Gasteiger partial charge in [-0.3, -0.25) is 4.79 Å². The summed E-state index contributed by atoms with van der Waals surface area (Å²) in [7, 11) is 4.96. The van der Waals surface area contributed by atoms with E-state index in [9.17, 15) is 9.59 Å². The van der Waals surface area contributed by atoms with Crippen molar-refractivity contribution >= 4 is 12.0 Å². The van der Waals surface area contributed by atoms with Gasteiger partial charge in [-0.25, -0.2) is 4.79 Å². The lowest BCUT2D eigenvalue weighted by atomic mass is 10.3. The summed E-state index contributed by atoms with van der Waals surface area (Å²) in [5.74, 6) is -0.841. The maximum absolute atomic E-state index is 11.9. The molecular formula is C11H22N2O4. The van der Waals surface area contributed by atoms with Crippen LogP contribution < -0.4 is 0 Å². The minimum atomic E-state index is -0.841. The molecule has 1 unspecified atom stereocenters. The normalized spacial score (nSPS) is 12.0. The maximum atomic E-state index is 11.9. The minimum absolute atomic E-state index is 0.00516. The number of carbonyl (C=O) groups excluding carboxylic acids is 1. The molecule has 6 nitrogen and oxygen atoms in total. The number of hydrogen-bond acceptors (Lipinski definition) is 3. The fourth-order valence-corrected chi connectivity index (χ4v) is 1.37. The zero-order valence-corrected chi connectivity index (χ0v) is 11.0. The SMILES string of the molecule is COCC(C)N(C)C(=O)N(C)CCCC(=O)O. The fourth-order valence-electron chi connectivity index (χ4n) is 1.37. The van der Waals surface area contributed by atoms with Crippen LogP contribution in [0.2, 0.25) is 0 Å². The van der Waals surface area contributed by atoms with E-state index in [1.165, 1.54) is 4.90 Å². The van der Waals surface area contributed by atoms with Crippen LogP contribution in [-0.2, 0) is 9.53 Å². The Hall–Kier alpha value is -1.30. The molecule has 100 valence electrons. The molecule has 0 aromatic rings. The Kier molecular flexibility index (Phi) is 7.29. The Morgan fingerprint density at radius 3 is 2.41 bits per heavy atom. The van der Waals surface area contributed by atoms with Crippen LogP contribution in [0.1, 0.15) is 19.8 Å². The van der Waals surface area contributed by atoms with Crippen LogP contribution in [0.4, 0.5) is 4.79 Å². The van der Waals surface area contributed by atoms with Crippen LogP contribution >= 0.6 is 0 Å². The average Bonchev–Trinajstić information content (AvgIpc) is 2.26. The third-order valence-corrected chi connectivity index (χ3v) is 2.58. The van der Waals surface area contributed by atoms with Gasteiger partial charge in [-0.05, 0) is 13.3 Å². The number of nitrogens with zero attached hydrogens (tertiary/aromatic N) is 2. The van der Waals surface area contributed by atoms with E-state index in [0.717, 1.165) is 0 Å². The van der Waals surface area contributed by atoms with Crippen LogP contribution in [-0.4, -0.2) is 67.3 Å². The second kappa shape index (κ2) is 7.89. The highest BCUT2D eigenvalue weighted by molar-refractivity contribution is 5.74. The molecule has 0 fully saturated rings. The second-order valence-corrected chi connectivity index (χ2v) is 4.12. The molecule has 0 rings (SSSR count). The standard InChI is InChI=1S/C11H22N2O4/c1-9(8-17-4)13(3)11(16)12(2)7-5-6-10(14)15/h9H,5-8H2,1-4H3,(H,14,15). The lowest BCUT2D eigenvalue weighted by Gasteiger charge is -2.29. The van der Waals surface area contributed by atoms with E-state index < -0.39 is 5.97 Å². The lowest BCUT2D eigenvalue weighted by molar-refractivity contribution is -0.137. The smallest absolute Gasteiger partial charge is 0.319 e. The summed E-state index contributed by atoms with van der Waals surface area (Å²) in [5, 5.41) is 8.50. The van der Waals surface area contributed by atoms with Crippen molar-refractivity contribution in [3.05, 3.63) is 0 Å². The number of likely N-dealkylation sites (N-methyl/N-ethyl adjacent to an activating group) is 1. The molecule has 2 amide bonds. The fraction of sp³-hybridized carbons (Fsp3) is 0.818. The monoisotopic (exact) mass is 246 g/mol. The average molecular weight is 246 g/mol. The van der Waals surface area contributed by atoms with Gasteiger partial charge in [0, 0.05) is 34.2 Å². The first-order chi connectivity index (χ1) is 7.90. The molecule has 0 aromatic carbocycles. The van der Waals surface area contributed by atoms with E-state index in [4.69, 9.17) is 9.84 Å². The predicted octanol–water partition coefficient (Wildman–Crippen LogP) is 0.870.